The monoisotopic (exact) mass is 267 g/mol. The zero-order valence-corrected chi connectivity index (χ0v) is 10.7. The van der Waals surface area contributed by atoms with E-state index in [-0.39, 0.29) is 17.0 Å². The molecular weight excluding hydrogens is 249 g/mol. The maximum Gasteiger partial charge on any atom is 0.337 e. The molecule has 0 amide bonds. The average Bonchev–Trinajstić information content (AvgIpc) is 2.38. The molecular formula is C14H18FNO3. The summed E-state index contributed by atoms with van der Waals surface area (Å²) < 4.78 is 19.1. The van der Waals surface area contributed by atoms with E-state index in [9.17, 15) is 9.18 Å². The van der Waals surface area contributed by atoms with E-state index in [1.165, 1.54) is 19.3 Å². The summed E-state index contributed by atoms with van der Waals surface area (Å²) in [4.78, 5) is 10.9. The largest absolute Gasteiger partial charge is 0.490 e. The van der Waals surface area contributed by atoms with Gasteiger partial charge >= 0.3 is 5.97 Å². The highest BCUT2D eigenvalue weighted by Crippen LogP contribution is 2.27. The summed E-state index contributed by atoms with van der Waals surface area (Å²) in [5.74, 6) is -1.39. The van der Waals surface area contributed by atoms with Crippen LogP contribution < -0.4 is 10.5 Å². The van der Waals surface area contributed by atoms with E-state index in [4.69, 9.17) is 15.6 Å². The van der Waals surface area contributed by atoms with Crippen LogP contribution >= 0.6 is 0 Å². The zero-order valence-electron chi connectivity index (χ0n) is 10.7. The quantitative estimate of drug-likeness (QED) is 0.822. The van der Waals surface area contributed by atoms with Crippen LogP contribution in [0.5, 0.6) is 5.75 Å². The topological polar surface area (TPSA) is 72.5 Å². The molecule has 0 heterocycles. The molecule has 0 spiro atoms. The van der Waals surface area contributed by atoms with Gasteiger partial charge in [0.2, 0.25) is 0 Å². The lowest BCUT2D eigenvalue weighted by molar-refractivity contribution is 0.0697. The number of carbonyl (C=O) groups is 1. The lowest BCUT2D eigenvalue weighted by Gasteiger charge is -2.22. The van der Waals surface area contributed by atoms with E-state index in [0.717, 1.165) is 25.0 Å². The van der Waals surface area contributed by atoms with Crippen LogP contribution in [0.15, 0.2) is 12.1 Å². The molecule has 0 aromatic heterocycles. The van der Waals surface area contributed by atoms with Gasteiger partial charge in [-0.1, -0.05) is 19.3 Å². The van der Waals surface area contributed by atoms with E-state index in [1.54, 1.807) is 0 Å². The van der Waals surface area contributed by atoms with Crippen molar-refractivity contribution in [3.63, 3.8) is 0 Å². The van der Waals surface area contributed by atoms with Crippen molar-refractivity contribution < 1.29 is 19.0 Å². The van der Waals surface area contributed by atoms with E-state index < -0.39 is 11.8 Å². The predicted octanol–water partition coefficient (Wildman–Crippen LogP) is 3.07. The Hall–Kier alpha value is -1.78. The Balaban J connectivity index is 2.06. The SMILES string of the molecule is Nc1cc(F)c(OCC2CCCCC2)cc1C(=O)O. The van der Waals surface area contributed by atoms with E-state index in [1.807, 2.05) is 0 Å². The number of hydrogen-bond acceptors (Lipinski definition) is 3. The van der Waals surface area contributed by atoms with Gasteiger partial charge in [-0.2, -0.15) is 0 Å². The van der Waals surface area contributed by atoms with Gasteiger partial charge in [0.25, 0.3) is 0 Å². The first kappa shape index (κ1) is 13.6. The number of carboxylic acids is 1. The molecule has 3 N–H and O–H groups in total. The van der Waals surface area contributed by atoms with Crippen LogP contribution in [-0.4, -0.2) is 17.7 Å². The average molecular weight is 267 g/mol. The number of benzene rings is 1. The van der Waals surface area contributed by atoms with Gasteiger partial charge in [-0.15, -0.1) is 0 Å². The summed E-state index contributed by atoms with van der Waals surface area (Å²) in [7, 11) is 0. The predicted molar refractivity (Wildman–Crippen MR) is 69.8 cm³/mol. The number of carboxylic acid groups (broad SMARTS) is 1. The zero-order chi connectivity index (χ0) is 13.8. The van der Waals surface area contributed by atoms with Crippen LogP contribution in [0, 0.1) is 11.7 Å². The van der Waals surface area contributed by atoms with Gasteiger partial charge in [-0.25, -0.2) is 9.18 Å². The molecule has 104 valence electrons. The first-order valence-corrected chi connectivity index (χ1v) is 6.53. The molecule has 1 aromatic carbocycles. The van der Waals surface area contributed by atoms with Crippen molar-refractivity contribution in [1.29, 1.82) is 0 Å². The summed E-state index contributed by atoms with van der Waals surface area (Å²) in [6.45, 7) is 0.430. The number of halogens is 1. The number of nitrogen functional groups attached to an aromatic ring is 1. The molecule has 0 bridgehead atoms. The van der Waals surface area contributed by atoms with Gasteiger partial charge in [0.15, 0.2) is 11.6 Å². The standard InChI is InChI=1S/C14H18FNO3/c15-11-7-12(16)10(14(17)18)6-13(11)19-8-9-4-2-1-3-5-9/h6-7,9H,1-5,8,16H2,(H,17,18). The Morgan fingerprint density at radius 3 is 2.68 bits per heavy atom. The molecule has 19 heavy (non-hydrogen) atoms. The second kappa shape index (κ2) is 5.91. The number of nitrogens with two attached hydrogens (primary N) is 1. The minimum absolute atomic E-state index is 0.0304. The third-order valence-electron chi connectivity index (χ3n) is 3.53. The molecule has 0 aliphatic heterocycles. The third kappa shape index (κ3) is 3.36. The molecule has 2 rings (SSSR count). The summed E-state index contributed by atoms with van der Waals surface area (Å²) in [5.41, 5.74) is 5.24. The first-order chi connectivity index (χ1) is 9.08. The Bertz CT molecular complexity index is 470. The lowest BCUT2D eigenvalue weighted by Crippen LogP contribution is -2.16. The van der Waals surface area contributed by atoms with Crippen molar-refractivity contribution in [1.82, 2.24) is 0 Å². The van der Waals surface area contributed by atoms with Crippen LogP contribution in [0.1, 0.15) is 42.5 Å². The highest BCUT2D eigenvalue weighted by molar-refractivity contribution is 5.94. The molecule has 5 heteroatoms. The van der Waals surface area contributed by atoms with Crippen molar-refractivity contribution in [2.45, 2.75) is 32.1 Å². The summed E-state index contributed by atoms with van der Waals surface area (Å²) >= 11 is 0. The molecule has 1 aliphatic rings. The van der Waals surface area contributed by atoms with Gasteiger partial charge in [0, 0.05) is 11.8 Å². The number of ether oxygens (including phenoxy) is 1. The highest BCUT2D eigenvalue weighted by atomic mass is 19.1. The highest BCUT2D eigenvalue weighted by Gasteiger charge is 2.17. The first-order valence-electron chi connectivity index (χ1n) is 6.53. The molecule has 1 aliphatic carbocycles. The van der Waals surface area contributed by atoms with Gasteiger partial charge < -0.3 is 15.6 Å². The van der Waals surface area contributed by atoms with Crippen LogP contribution in [0.2, 0.25) is 0 Å². The number of rotatable bonds is 4. The Morgan fingerprint density at radius 1 is 1.37 bits per heavy atom. The molecule has 1 saturated carbocycles. The van der Waals surface area contributed by atoms with E-state index in [2.05, 4.69) is 0 Å². The maximum atomic E-state index is 13.7. The molecule has 4 nitrogen and oxygen atoms in total. The van der Waals surface area contributed by atoms with Gasteiger partial charge in [0.05, 0.1) is 12.2 Å². The van der Waals surface area contributed by atoms with E-state index >= 15 is 0 Å². The fourth-order valence-corrected chi connectivity index (χ4v) is 2.43. The number of anilines is 1. The van der Waals surface area contributed by atoms with Crippen LogP contribution in [-0.2, 0) is 0 Å². The number of hydrogen-bond donors (Lipinski definition) is 2. The summed E-state index contributed by atoms with van der Waals surface area (Å²) in [6.07, 6.45) is 5.78. The van der Waals surface area contributed by atoms with Crippen molar-refractivity contribution in [3.8, 4) is 5.75 Å². The normalized spacial score (nSPS) is 16.3. The minimum atomic E-state index is -1.18. The Labute approximate surface area is 111 Å². The van der Waals surface area contributed by atoms with Crippen molar-refractivity contribution >= 4 is 11.7 Å². The Kier molecular flexibility index (Phi) is 4.24. The molecule has 0 unspecified atom stereocenters. The van der Waals surface area contributed by atoms with Crippen molar-refractivity contribution in [3.05, 3.63) is 23.5 Å². The van der Waals surface area contributed by atoms with Gasteiger partial charge in [-0.05, 0) is 24.8 Å². The molecule has 1 aromatic rings. The maximum absolute atomic E-state index is 13.7. The van der Waals surface area contributed by atoms with Crippen molar-refractivity contribution in [2.75, 3.05) is 12.3 Å². The molecule has 0 radical (unpaired) electrons. The second-order valence-electron chi connectivity index (χ2n) is 4.99. The minimum Gasteiger partial charge on any atom is -0.490 e. The van der Waals surface area contributed by atoms with Crippen LogP contribution in [0.3, 0.4) is 0 Å². The molecule has 1 fully saturated rings. The van der Waals surface area contributed by atoms with Gasteiger partial charge in [0.1, 0.15) is 0 Å². The van der Waals surface area contributed by atoms with Crippen LogP contribution in [0.4, 0.5) is 10.1 Å². The van der Waals surface area contributed by atoms with E-state index in [0.29, 0.717) is 12.5 Å². The molecule has 0 atom stereocenters. The van der Waals surface area contributed by atoms with Crippen LogP contribution in [0.25, 0.3) is 0 Å². The molecule has 0 saturated heterocycles. The van der Waals surface area contributed by atoms with Crippen molar-refractivity contribution in [2.24, 2.45) is 5.92 Å². The smallest absolute Gasteiger partial charge is 0.337 e. The van der Waals surface area contributed by atoms with Gasteiger partial charge in [-0.3, -0.25) is 0 Å². The fourth-order valence-electron chi connectivity index (χ4n) is 2.43. The summed E-state index contributed by atoms with van der Waals surface area (Å²) in [6, 6.07) is 2.16. The number of aromatic carboxylic acids is 1. The Morgan fingerprint density at radius 2 is 2.05 bits per heavy atom. The fraction of sp³-hybridized carbons (Fsp3) is 0.500. The lowest BCUT2D eigenvalue weighted by atomic mass is 9.90. The summed E-state index contributed by atoms with van der Waals surface area (Å²) in [5, 5.41) is 8.94. The third-order valence-corrected chi connectivity index (χ3v) is 3.53. The second-order valence-corrected chi connectivity index (χ2v) is 4.99.